The molecule has 0 bridgehead atoms. The van der Waals surface area contributed by atoms with Gasteiger partial charge in [0.1, 0.15) is 0 Å². The van der Waals surface area contributed by atoms with Crippen LogP contribution in [0.2, 0.25) is 0 Å². The molecule has 1 aliphatic carbocycles. The molecule has 0 radical (unpaired) electrons. The Bertz CT molecular complexity index is 245. The molecule has 0 amide bonds. The SMILES string of the molecule is CCO[C@H]1CCC1(C(=O)OC)C(=O)OC. The first-order chi connectivity index (χ1) is 7.13. The smallest absolute Gasteiger partial charge is 0.325 e. The molecule has 1 rings (SSSR count). The van der Waals surface area contributed by atoms with Crippen LogP contribution in [0.4, 0.5) is 0 Å². The van der Waals surface area contributed by atoms with Crippen LogP contribution in [0.5, 0.6) is 0 Å². The lowest BCUT2D eigenvalue weighted by Crippen LogP contribution is -2.58. The summed E-state index contributed by atoms with van der Waals surface area (Å²) in [6.45, 7) is 2.28. The molecule has 0 N–H and O–H groups in total. The lowest BCUT2D eigenvalue weighted by Gasteiger charge is -2.43. The van der Waals surface area contributed by atoms with E-state index in [0.717, 1.165) is 0 Å². The Morgan fingerprint density at radius 2 is 1.80 bits per heavy atom. The Hall–Kier alpha value is -1.10. The normalized spacial score (nSPS) is 22.7. The highest BCUT2D eigenvalue weighted by molar-refractivity contribution is 6.02. The van der Waals surface area contributed by atoms with Crippen molar-refractivity contribution in [2.24, 2.45) is 5.41 Å². The van der Waals surface area contributed by atoms with Gasteiger partial charge in [-0.2, -0.15) is 0 Å². The topological polar surface area (TPSA) is 61.8 Å². The minimum Gasteiger partial charge on any atom is -0.468 e. The number of ether oxygens (including phenoxy) is 3. The number of hydrogen-bond donors (Lipinski definition) is 0. The first-order valence-corrected chi connectivity index (χ1v) is 4.91. The maximum atomic E-state index is 11.6. The monoisotopic (exact) mass is 216 g/mol. The zero-order valence-electron chi connectivity index (χ0n) is 9.24. The van der Waals surface area contributed by atoms with Crippen molar-refractivity contribution in [1.29, 1.82) is 0 Å². The number of carbonyl (C=O) groups excluding carboxylic acids is 2. The van der Waals surface area contributed by atoms with Crippen molar-refractivity contribution >= 4 is 11.9 Å². The van der Waals surface area contributed by atoms with Crippen molar-refractivity contribution < 1.29 is 23.8 Å². The minimum atomic E-state index is -1.24. The van der Waals surface area contributed by atoms with Gasteiger partial charge in [0, 0.05) is 6.61 Å². The van der Waals surface area contributed by atoms with Gasteiger partial charge in [-0.25, -0.2) is 0 Å². The molecule has 1 atom stereocenters. The van der Waals surface area contributed by atoms with Gasteiger partial charge in [-0.15, -0.1) is 0 Å². The Kier molecular flexibility index (Phi) is 3.68. The number of carbonyl (C=O) groups is 2. The largest absolute Gasteiger partial charge is 0.468 e. The first-order valence-electron chi connectivity index (χ1n) is 4.91. The third-order valence-corrected chi connectivity index (χ3v) is 2.82. The highest BCUT2D eigenvalue weighted by Gasteiger charge is 2.61. The highest BCUT2D eigenvalue weighted by Crippen LogP contribution is 2.45. The van der Waals surface area contributed by atoms with E-state index in [1.807, 2.05) is 6.92 Å². The maximum absolute atomic E-state index is 11.6. The second kappa shape index (κ2) is 4.61. The van der Waals surface area contributed by atoms with Gasteiger partial charge in [0.25, 0.3) is 0 Å². The summed E-state index contributed by atoms with van der Waals surface area (Å²) < 4.78 is 14.6. The van der Waals surface area contributed by atoms with E-state index >= 15 is 0 Å². The quantitative estimate of drug-likeness (QED) is 0.506. The van der Waals surface area contributed by atoms with Crippen molar-refractivity contribution in [3.63, 3.8) is 0 Å². The molecule has 5 heteroatoms. The molecule has 0 saturated heterocycles. The molecule has 15 heavy (non-hydrogen) atoms. The summed E-state index contributed by atoms with van der Waals surface area (Å²) in [6.07, 6.45) is 0.692. The van der Waals surface area contributed by atoms with E-state index < -0.39 is 23.5 Å². The molecule has 0 aromatic heterocycles. The number of rotatable bonds is 4. The van der Waals surface area contributed by atoms with Crippen molar-refractivity contribution in [2.75, 3.05) is 20.8 Å². The van der Waals surface area contributed by atoms with Crippen molar-refractivity contribution in [3.8, 4) is 0 Å². The van der Waals surface area contributed by atoms with Crippen molar-refractivity contribution in [1.82, 2.24) is 0 Å². The van der Waals surface area contributed by atoms with E-state index in [0.29, 0.717) is 19.4 Å². The molecule has 1 saturated carbocycles. The summed E-state index contributed by atoms with van der Waals surface area (Å²) in [7, 11) is 2.52. The highest BCUT2D eigenvalue weighted by atomic mass is 16.6. The van der Waals surface area contributed by atoms with Gasteiger partial charge in [0.05, 0.1) is 20.3 Å². The molecule has 0 heterocycles. The zero-order valence-corrected chi connectivity index (χ0v) is 9.24. The molecule has 5 nitrogen and oxygen atoms in total. The van der Waals surface area contributed by atoms with E-state index in [1.54, 1.807) is 0 Å². The van der Waals surface area contributed by atoms with Crippen LogP contribution in [0.1, 0.15) is 19.8 Å². The molecule has 0 unspecified atom stereocenters. The second-order valence-corrected chi connectivity index (χ2v) is 3.44. The fourth-order valence-electron chi connectivity index (χ4n) is 1.89. The van der Waals surface area contributed by atoms with Crippen molar-refractivity contribution in [2.45, 2.75) is 25.9 Å². The van der Waals surface area contributed by atoms with Crippen LogP contribution < -0.4 is 0 Å². The second-order valence-electron chi connectivity index (χ2n) is 3.44. The van der Waals surface area contributed by atoms with Crippen LogP contribution in [0.3, 0.4) is 0 Å². The summed E-state index contributed by atoms with van der Waals surface area (Å²) in [4.78, 5) is 23.2. The molecular weight excluding hydrogens is 200 g/mol. The van der Waals surface area contributed by atoms with E-state index in [1.165, 1.54) is 14.2 Å². The maximum Gasteiger partial charge on any atom is 0.325 e. The van der Waals surface area contributed by atoms with E-state index in [9.17, 15) is 9.59 Å². The van der Waals surface area contributed by atoms with Gasteiger partial charge in [0.15, 0.2) is 5.41 Å². The van der Waals surface area contributed by atoms with Crippen LogP contribution in [0.25, 0.3) is 0 Å². The number of esters is 2. The Labute approximate surface area is 88.7 Å². The van der Waals surface area contributed by atoms with Crippen LogP contribution >= 0.6 is 0 Å². The van der Waals surface area contributed by atoms with Gasteiger partial charge in [-0.1, -0.05) is 0 Å². The van der Waals surface area contributed by atoms with E-state index in [-0.39, 0.29) is 0 Å². The van der Waals surface area contributed by atoms with Gasteiger partial charge in [-0.05, 0) is 19.8 Å². The van der Waals surface area contributed by atoms with Gasteiger partial charge >= 0.3 is 11.9 Å². The predicted octanol–water partition coefficient (Wildman–Crippen LogP) is 0.518. The first kappa shape index (κ1) is 12.0. The third kappa shape index (κ3) is 1.71. The Morgan fingerprint density at radius 3 is 2.07 bits per heavy atom. The molecule has 0 aromatic carbocycles. The molecule has 1 fully saturated rings. The van der Waals surface area contributed by atoms with Gasteiger partial charge in [-0.3, -0.25) is 9.59 Å². The molecular formula is C10H16O5. The van der Waals surface area contributed by atoms with E-state index in [4.69, 9.17) is 4.74 Å². The summed E-state index contributed by atoms with van der Waals surface area (Å²) >= 11 is 0. The van der Waals surface area contributed by atoms with E-state index in [2.05, 4.69) is 9.47 Å². The number of hydrogen-bond acceptors (Lipinski definition) is 5. The summed E-state index contributed by atoms with van der Waals surface area (Å²) in [5.74, 6) is -1.14. The lowest BCUT2D eigenvalue weighted by molar-refractivity contribution is -0.196. The predicted molar refractivity (Wildman–Crippen MR) is 51.1 cm³/mol. The average Bonchev–Trinajstić information content (AvgIpc) is 2.24. The van der Waals surface area contributed by atoms with Crippen LogP contribution in [-0.2, 0) is 23.8 Å². The summed E-state index contributed by atoms with van der Waals surface area (Å²) in [5, 5.41) is 0. The van der Waals surface area contributed by atoms with Gasteiger partial charge in [0.2, 0.25) is 0 Å². The Balaban J connectivity index is 2.87. The lowest BCUT2D eigenvalue weighted by atomic mass is 9.66. The van der Waals surface area contributed by atoms with Crippen LogP contribution in [0.15, 0.2) is 0 Å². The number of methoxy groups -OCH3 is 2. The van der Waals surface area contributed by atoms with Crippen molar-refractivity contribution in [3.05, 3.63) is 0 Å². The fraction of sp³-hybridized carbons (Fsp3) is 0.800. The van der Waals surface area contributed by atoms with Crippen LogP contribution in [0, 0.1) is 5.41 Å². The zero-order chi connectivity index (χ0) is 11.5. The molecule has 0 aliphatic heterocycles. The summed E-state index contributed by atoms with van der Waals surface area (Å²) in [5.41, 5.74) is -1.24. The van der Waals surface area contributed by atoms with Crippen LogP contribution in [-0.4, -0.2) is 38.9 Å². The summed E-state index contributed by atoms with van der Waals surface area (Å²) in [6, 6.07) is 0. The molecule has 0 spiro atoms. The third-order valence-electron chi connectivity index (χ3n) is 2.82. The molecule has 0 aromatic rings. The average molecular weight is 216 g/mol. The standard InChI is InChI=1S/C10H16O5/c1-4-15-7-5-6-10(7,8(11)13-2)9(12)14-3/h7H,4-6H2,1-3H3/t7-/m0/s1. The minimum absolute atomic E-state index is 0.414. The Morgan fingerprint density at radius 1 is 1.27 bits per heavy atom. The molecule has 86 valence electrons. The van der Waals surface area contributed by atoms with Gasteiger partial charge < -0.3 is 14.2 Å². The fourth-order valence-corrected chi connectivity index (χ4v) is 1.89. The molecule has 1 aliphatic rings.